The van der Waals surface area contributed by atoms with E-state index in [4.69, 9.17) is 9.47 Å². The minimum atomic E-state index is -0.201. The number of hydrogen-bond acceptors (Lipinski definition) is 4. The van der Waals surface area contributed by atoms with Crippen molar-refractivity contribution in [3.63, 3.8) is 0 Å². The molecular formula is C25H27BrN2O3. The maximum atomic E-state index is 12.8. The monoisotopic (exact) mass is 482 g/mol. The molecule has 3 aromatic rings. The number of pyridine rings is 1. The lowest BCUT2D eigenvalue weighted by Crippen LogP contribution is -2.16. The number of hydrogen-bond donors (Lipinski definition) is 1. The number of carbonyl (C=O) groups is 1. The van der Waals surface area contributed by atoms with Crippen LogP contribution < -0.4 is 10.1 Å². The Morgan fingerprint density at radius 2 is 1.87 bits per heavy atom. The summed E-state index contributed by atoms with van der Waals surface area (Å²) in [6.45, 7) is 6.72. The summed E-state index contributed by atoms with van der Waals surface area (Å²) in [6.07, 6.45) is 1.81. The van der Waals surface area contributed by atoms with Crippen molar-refractivity contribution in [3.05, 3.63) is 82.1 Å². The third-order valence-electron chi connectivity index (χ3n) is 4.63. The topological polar surface area (TPSA) is 60.5 Å². The van der Waals surface area contributed by atoms with Crippen LogP contribution in [0.4, 0.5) is 5.69 Å². The van der Waals surface area contributed by atoms with Crippen LogP contribution in [-0.4, -0.2) is 23.6 Å². The number of ether oxygens (including phenoxy) is 2. The molecule has 1 heterocycles. The highest BCUT2D eigenvalue weighted by molar-refractivity contribution is 9.10. The normalized spacial score (nSPS) is 11.7. The van der Waals surface area contributed by atoms with Gasteiger partial charge in [-0.25, -0.2) is 0 Å². The highest BCUT2D eigenvalue weighted by Crippen LogP contribution is 2.26. The number of anilines is 1. The van der Waals surface area contributed by atoms with Gasteiger partial charge in [-0.15, -0.1) is 0 Å². The molecule has 2 aromatic carbocycles. The molecule has 0 spiro atoms. The van der Waals surface area contributed by atoms with Crippen LogP contribution in [0, 0.1) is 6.92 Å². The summed E-state index contributed by atoms with van der Waals surface area (Å²) in [4.78, 5) is 17.4. The fraction of sp³-hybridized carbons (Fsp3) is 0.280. The van der Waals surface area contributed by atoms with E-state index in [-0.39, 0.29) is 12.0 Å². The van der Waals surface area contributed by atoms with Crippen LogP contribution in [0.3, 0.4) is 0 Å². The lowest BCUT2D eigenvalue weighted by molar-refractivity contribution is 0.0663. The summed E-state index contributed by atoms with van der Waals surface area (Å²) >= 11 is 3.41. The van der Waals surface area contributed by atoms with E-state index >= 15 is 0 Å². The predicted molar refractivity (Wildman–Crippen MR) is 127 cm³/mol. The van der Waals surface area contributed by atoms with Crippen LogP contribution in [0.5, 0.6) is 11.5 Å². The SMILES string of the molecule is CCCOC(C)Cc1ccc(C(=O)Nc2cccc(Oc3ccc(Br)cc3)c2)c(C)n1. The van der Waals surface area contributed by atoms with Crippen LogP contribution in [0.25, 0.3) is 0 Å². The highest BCUT2D eigenvalue weighted by atomic mass is 79.9. The molecule has 3 rings (SSSR count). The number of amides is 1. The first-order chi connectivity index (χ1) is 14.9. The predicted octanol–water partition coefficient (Wildman–Crippen LogP) is 6.55. The molecule has 0 radical (unpaired) electrons. The first-order valence-electron chi connectivity index (χ1n) is 10.4. The van der Waals surface area contributed by atoms with Crippen LogP contribution in [0.15, 0.2) is 65.1 Å². The van der Waals surface area contributed by atoms with E-state index < -0.39 is 0 Å². The number of nitrogens with one attached hydrogen (secondary N) is 1. The van der Waals surface area contributed by atoms with Gasteiger partial charge in [-0.2, -0.15) is 0 Å². The second kappa shape index (κ2) is 11.1. The number of aryl methyl sites for hydroxylation is 1. The second-order valence-electron chi connectivity index (χ2n) is 7.36. The standard InChI is InChI=1S/C25H27BrN2O3/c1-4-14-30-17(2)15-21-10-13-24(18(3)27-21)25(29)28-20-6-5-7-23(16-20)31-22-11-8-19(26)9-12-22/h5-13,16-17H,4,14-15H2,1-3H3,(H,28,29). The van der Waals surface area contributed by atoms with Gasteiger partial charge >= 0.3 is 0 Å². The zero-order valence-electron chi connectivity index (χ0n) is 18.0. The molecule has 0 saturated carbocycles. The number of carbonyl (C=O) groups excluding carboxylic acids is 1. The van der Waals surface area contributed by atoms with Crippen molar-refractivity contribution in [2.45, 2.75) is 39.7 Å². The van der Waals surface area contributed by atoms with Gasteiger partial charge in [0.15, 0.2) is 0 Å². The van der Waals surface area contributed by atoms with Crippen molar-refractivity contribution in [3.8, 4) is 11.5 Å². The molecule has 0 fully saturated rings. The van der Waals surface area contributed by atoms with Crippen molar-refractivity contribution in [2.75, 3.05) is 11.9 Å². The van der Waals surface area contributed by atoms with Gasteiger partial charge in [0.2, 0.25) is 0 Å². The minimum Gasteiger partial charge on any atom is -0.457 e. The van der Waals surface area contributed by atoms with Crippen molar-refractivity contribution in [2.24, 2.45) is 0 Å². The molecule has 1 N–H and O–H groups in total. The zero-order chi connectivity index (χ0) is 22.2. The molecule has 1 atom stereocenters. The summed E-state index contributed by atoms with van der Waals surface area (Å²) in [5, 5.41) is 2.93. The molecule has 0 saturated heterocycles. The number of halogens is 1. The van der Waals surface area contributed by atoms with Crippen molar-refractivity contribution < 1.29 is 14.3 Å². The summed E-state index contributed by atoms with van der Waals surface area (Å²) in [7, 11) is 0. The quantitative estimate of drug-likeness (QED) is 0.375. The Kier molecular flexibility index (Phi) is 8.20. The molecule has 31 heavy (non-hydrogen) atoms. The molecule has 162 valence electrons. The number of benzene rings is 2. The zero-order valence-corrected chi connectivity index (χ0v) is 19.6. The molecule has 1 unspecified atom stereocenters. The van der Waals surface area contributed by atoms with Crippen molar-refractivity contribution >= 4 is 27.5 Å². The van der Waals surface area contributed by atoms with Gasteiger partial charge in [0.1, 0.15) is 11.5 Å². The van der Waals surface area contributed by atoms with E-state index in [1.165, 1.54) is 0 Å². The number of aromatic nitrogens is 1. The van der Waals surface area contributed by atoms with Crippen LogP contribution in [-0.2, 0) is 11.2 Å². The number of rotatable bonds is 9. The lowest BCUT2D eigenvalue weighted by Gasteiger charge is -2.13. The Morgan fingerprint density at radius 3 is 2.58 bits per heavy atom. The van der Waals surface area contributed by atoms with Gasteiger partial charge in [-0.05, 0) is 68.8 Å². The summed E-state index contributed by atoms with van der Waals surface area (Å²) in [6, 6.07) is 18.6. The Balaban J connectivity index is 1.65. The van der Waals surface area contributed by atoms with Gasteiger partial charge in [-0.1, -0.05) is 28.9 Å². The van der Waals surface area contributed by atoms with Crippen LogP contribution in [0.2, 0.25) is 0 Å². The van der Waals surface area contributed by atoms with Gasteiger partial charge in [-0.3, -0.25) is 9.78 Å². The van der Waals surface area contributed by atoms with Crippen molar-refractivity contribution in [1.82, 2.24) is 4.98 Å². The maximum Gasteiger partial charge on any atom is 0.257 e. The second-order valence-corrected chi connectivity index (χ2v) is 8.27. The molecule has 0 aliphatic heterocycles. The van der Waals surface area contributed by atoms with Gasteiger partial charge < -0.3 is 14.8 Å². The average molecular weight is 483 g/mol. The smallest absolute Gasteiger partial charge is 0.257 e. The molecule has 0 aliphatic carbocycles. The fourth-order valence-corrected chi connectivity index (χ4v) is 3.38. The molecular weight excluding hydrogens is 456 g/mol. The maximum absolute atomic E-state index is 12.8. The molecule has 6 heteroatoms. The van der Waals surface area contributed by atoms with Crippen molar-refractivity contribution in [1.29, 1.82) is 0 Å². The largest absolute Gasteiger partial charge is 0.457 e. The van der Waals surface area contributed by atoms with Gasteiger partial charge in [0.25, 0.3) is 5.91 Å². The van der Waals surface area contributed by atoms with Gasteiger partial charge in [0.05, 0.1) is 17.4 Å². The van der Waals surface area contributed by atoms with E-state index in [9.17, 15) is 4.79 Å². The van der Waals surface area contributed by atoms with E-state index in [0.29, 0.717) is 22.7 Å². The summed E-state index contributed by atoms with van der Waals surface area (Å²) < 4.78 is 12.6. The summed E-state index contributed by atoms with van der Waals surface area (Å²) in [5.74, 6) is 1.17. The average Bonchev–Trinajstić information content (AvgIpc) is 2.74. The van der Waals surface area contributed by atoms with E-state index in [0.717, 1.165) is 35.4 Å². The van der Waals surface area contributed by atoms with E-state index in [1.807, 2.05) is 68.4 Å². The minimum absolute atomic E-state index is 0.0972. The molecule has 0 aliphatic rings. The third-order valence-corrected chi connectivity index (χ3v) is 5.16. The molecule has 1 aromatic heterocycles. The molecule has 0 bridgehead atoms. The van der Waals surface area contributed by atoms with E-state index in [1.54, 1.807) is 6.07 Å². The fourth-order valence-electron chi connectivity index (χ4n) is 3.11. The van der Waals surface area contributed by atoms with Gasteiger partial charge in [0, 0.05) is 34.9 Å². The highest BCUT2D eigenvalue weighted by Gasteiger charge is 2.13. The lowest BCUT2D eigenvalue weighted by atomic mass is 10.1. The Labute approximate surface area is 191 Å². The molecule has 5 nitrogen and oxygen atoms in total. The number of nitrogens with zero attached hydrogens (tertiary/aromatic N) is 1. The first-order valence-corrected chi connectivity index (χ1v) is 11.2. The first kappa shape index (κ1) is 23.0. The van der Waals surface area contributed by atoms with E-state index in [2.05, 4.69) is 33.2 Å². The Bertz CT molecular complexity index is 1020. The van der Waals surface area contributed by atoms with Crippen LogP contribution >= 0.6 is 15.9 Å². The molecule has 1 amide bonds. The Hall–Kier alpha value is -2.70. The van der Waals surface area contributed by atoms with Crippen LogP contribution in [0.1, 0.15) is 42.0 Å². The third kappa shape index (κ3) is 6.91. The Morgan fingerprint density at radius 1 is 1.10 bits per heavy atom. The summed E-state index contributed by atoms with van der Waals surface area (Å²) in [5.41, 5.74) is 2.82.